The average Bonchev–Trinajstić information content (AvgIpc) is 3.14. The molecule has 1 aliphatic rings. The summed E-state index contributed by atoms with van der Waals surface area (Å²) in [6.45, 7) is 2.86. The highest BCUT2D eigenvalue weighted by Gasteiger charge is 2.22. The highest BCUT2D eigenvalue weighted by atomic mass is 16.2. The summed E-state index contributed by atoms with van der Waals surface area (Å²) in [6.07, 6.45) is 3.45. The van der Waals surface area contributed by atoms with Crippen LogP contribution in [0.4, 0.5) is 5.69 Å². The van der Waals surface area contributed by atoms with Crippen LogP contribution in [-0.2, 0) is 4.79 Å². The first-order valence-corrected chi connectivity index (χ1v) is 6.62. The molecule has 2 N–H and O–H groups in total. The van der Waals surface area contributed by atoms with Gasteiger partial charge in [-0.3, -0.25) is 4.79 Å². The number of rotatable bonds is 3. The van der Waals surface area contributed by atoms with E-state index in [1.54, 1.807) is 4.68 Å². The molecule has 3 rings (SSSR count). The van der Waals surface area contributed by atoms with E-state index in [2.05, 4.69) is 26.2 Å². The number of aromatic nitrogens is 4. The summed E-state index contributed by atoms with van der Waals surface area (Å²) >= 11 is 0. The summed E-state index contributed by atoms with van der Waals surface area (Å²) in [4.78, 5) is 12.1. The van der Waals surface area contributed by atoms with Crippen molar-refractivity contribution < 1.29 is 4.79 Å². The number of anilines is 1. The molecule has 0 spiro atoms. The fourth-order valence-electron chi connectivity index (χ4n) is 2.29. The van der Waals surface area contributed by atoms with Gasteiger partial charge in [0.05, 0.1) is 11.7 Å². The predicted octanol–water partition coefficient (Wildman–Crippen LogP) is 0.661. The smallest absolute Gasteiger partial charge is 0.241 e. The van der Waals surface area contributed by atoms with E-state index in [4.69, 9.17) is 0 Å². The number of hydrogen-bond donors (Lipinski definition) is 2. The van der Waals surface area contributed by atoms with Crippen LogP contribution >= 0.6 is 0 Å². The fraction of sp³-hybridized carbons (Fsp3) is 0.385. The second kappa shape index (κ2) is 5.38. The van der Waals surface area contributed by atoms with Crippen LogP contribution in [0.2, 0.25) is 0 Å². The monoisotopic (exact) mass is 272 g/mol. The molecule has 1 fully saturated rings. The van der Waals surface area contributed by atoms with Gasteiger partial charge in [-0.25, -0.2) is 4.68 Å². The Hall–Kier alpha value is -2.28. The normalized spacial score (nSPS) is 18.1. The van der Waals surface area contributed by atoms with Crippen LogP contribution in [0, 0.1) is 6.92 Å². The standard InChI is InChI=1S/C13H16N6O/c1-9-4-5-10(19-8-15-17-18-19)7-12(9)16-13(20)11-3-2-6-14-11/h4-5,7-8,11,14H,2-3,6H2,1H3,(H,16,20)/t11-/m1/s1. The molecule has 2 aromatic rings. The second-order valence-electron chi connectivity index (χ2n) is 4.89. The summed E-state index contributed by atoms with van der Waals surface area (Å²) in [5, 5.41) is 17.2. The highest BCUT2D eigenvalue weighted by molar-refractivity contribution is 5.95. The zero-order valence-electron chi connectivity index (χ0n) is 11.2. The van der Waals surface area contributed by atoms with Crippen LogP contribution in [0.15, 0.2) is 24.5 Å². The number of carbonyl (C=O) groups excluding carboxylic acids is 1. The predicted molar refractivity (Wildman–Crippen MR) is 73.5 cm³/mol. The lowest BCUT2D eigenvalue weighted by atomic mass is 10.1. The van der Waals surface area contributed by atoms with Crippen LogP contribution in [0.25, 0.3) is 5.69 Å². The third-order valence-electron chi connectivity index (χ3n) is 3.47. The van der Waals surface area contributed by atoms with Crippen molar-refractivity contribution in [2.45, 2.75) is 25.8 Å². The van der Waals surface area contributed by atoms with Crippen molar-refractivity contribution in [3.63, 3.8) is 0 Å². The largest absolute Gasteiger partial charge is 0.324 e. The number of amides is 1. The van der Waals surface area contributed by atoms with Crippen LogP contribution in [0.5, 0.6) is 0 Å². The molecule has 7 nitrogen and oxygen atoms in total. The quantitative estimate of drug-likeness (QED) is 0.857. The Morgan fingerprint density at radius 3 is 3.10 bits per heavy atom. The van der Waals surface area contributed by atoms with E-state index in [9.17, 15) is 4.79 Å². The van der Waals surface area contributed by atoms with Crippen LogP contribution in [0.3, 0.4) is 0 Å². The number of nitrogens with one attached hydrogen (secondary N) is 2. The molecule has 0 bridgehead atoms. The van der Waals surface area contributed by atoms with Gasteiger partial charge in [-0.1, -0.05) is 6.07 Å². The van der Waals surface area contributed by atoms with E-state index in [0.717, 1.165) is 36.3 Å². The molecule has 0 radical (unpaired) electrons. The number of nitrogens with zero attached hydrogens (tertiary/aromatic N) is 4. The van der Waals surface area contributed by atoms with Gasteiger partial charge in [-0.15, -0.1) is 5.10 Å². The molecule has 1 saturated heterocycles. The van der Waals surface area contributed by atoms with Crippen LogP contribution in [-0.4, -0.2) is 38.7 Å². The van der Waals surface area contributed by atoms with E-state index < -0.39 is 0 Å². The Labute approximate surface area is 116 Å². The maximum absolute atomic E-state index is 12.1. The minimum Gasteiger partial charge on any atom is -0.324 e. The average molecular weight is 272 g/mol. The topological polar surface area (TPSA) is 84.7 Å². The molecule has 0 unspecified atom stereocenters. The summed E-state index contributed by atoms with van der Waals surface area (Å²) < 4.78 is 1.56. The lowest BCUT2D eigenvalue weighted by Gasteiger charge is -2.14. The first-order valence-electron chi connectivity index (χ1n) is 6.62. The molecular formula is C13H16N6O. The van der Waals surface area contributed by atoms with Crippen molar-refractivity contribution in [2.24, 2.45) is 0 Å². The van der Waals surface area contributed by atoms with Crippen molar-refractivity contribution in [3.8, 4) is 5.69 Å². The van der Waals surface area contributed by atoms with Crippen LogP contribution in [0.1, 0.15) is 18.4 Å². The van der Waals surface area contributed by atoms with Crippen molar-refractivity contribution in [2.75, 3.05) is 11.9 Å². The van der Waals surface area contributed by atoms with Gasteiger partial charge in [-0.2, -0.15) is 0 Å². The number of aryl methyl sites for hydroxylation is 1. The van der Waals surface area contributed by atoms with E-state index in [1.807, 2.05) is 25.1 Å². The van der Waals surface area contributed by atoms with Gasteiger partial charge in [0.15, 0.2) is 0 Å². The summed E-state index contributed by atoms with van der Waals surface area (Å²) in [5.41, 5.74) is 2.61. The fourth-order valence-corrected chi connectivity index (χ4v) is 2.29. The molecule has 2 heterocycles. The van der Waals surface area contributed by atoms with E-state index >= 15 is 0 Å². The van der Waals surface area contributed by atoms with Crippen molar-refractivity contribution in [1.82, 2.24) is 25.5 Å². The molecule has 1 amide bonds. The molecule has 0 aliphatic carbocycles. The molecular weight excluding hydrogens is 256 g/mol. The third kappa shape index (κ3) is 2.53. The number of hydrogen-bond acceptors (Lipinski definition) is 5. The second-order valence-corrected chi connectivity index (χ2v) is 4.89. The van der Waals surface area contributed by atoms with Crippen molar-refractivity contribution in [3.05, 3.63) is 30.1 Å². The van der Waals surface area contributed by atoms with Gasteiger partial charge >= 0.3 is 0 Å². The van der Waals surface area contributed by atoms with Gasteiger partial charge in [0.2, 0.25) is 5.91 Å². The molecule has 20 heavy (non-hydrogen) atoms. The van der Waals surface area contributed by atoms with Gasteiger partial charge in [0.25, 0.3) is 0 Å². The molecule has 1 aliphatic heterocycles. The summed E-state index contributed by atoms with van der Waals surface area (Å²) in [7, 11) is 0. The molecule has 7 heteroatoms. The third-order valence-corrected chi connectivity index (χ3v) is 3.47. The zero-order valence-corrected chi connectivity index (χ0v) is 11.2. The zero-order chi connectivity index (χ0) is 13.9. The Morgan fingerprint density at radius 2 is 2.40 bits per heavy atom. The SMILES string of the molecule is Cc1ccc(-n2cnnn2)cc1NC(=O)[C@H]1CCCN1. The number of benzene rings is 1. The van der Waals surface area contributed by atoms with Crippen LogP contribution < -0.4 is 10.6 Å². The summed E-state index contributed by atoms with van der Waals surface area (Å²) in [5.74, 6) is 0.0134. The first kappa shape index (κ1) is 12.7. The van der Waals surface area contributed by atoms with Crippen molar-refractivity contribution in [1.29, 1.82) is 0 Å². The molecule has 0 saturated carbocycles. The maximum Gasteiger partial charge on any atom is 0.241 e. The van der Waals surface area contributed by atoms with E-state index in [0.29, 0.717) is 0 Å². The van der Waals surface area contributed by atoms with E-state index in [1.165, 1.54) is 6.33 Å². The number of tetrazole rings is 1. The Bertz CT molecular complexity index is 603. The molecule has 1 aromatic carbocycles. The van der Waals surface area contributed by atoms with Gasteiger partial charge in [0.1, 0.15) is 6.33 Å². The summed E-state index contributed by atoms with van der Waals surface area (Å²) in [6, 6.07) is 5.63. The van der Waals surface area contributed by atoms with Gasteiger partial charge in [0, 0.05) is 5.69 Å². The Kier molecular flexibility index (Phi) is 3.42. The lowest BCUT2D eigenvalue weighted by molar-refractivity contribution is -0.117. The molecule has 1 aromatic heterocycles. The van der Waals surface area contributed by atoms with Gasteiger partial charge in [-0.05, 0) is 54.4 Å². The number of carbonyl (C=O) groups is 1. The van der Waals surface area contributed by atoms with Crippen molar-refractivity contribution >= 4 is 11.6 Å². The van der Waals surface area contributed by atoms with E-state index in [-0.39, 0.29) is 11.9 Å². The van der Waals surface area contributed by atoms with Gasteiger partial charge < -0.3 is 10.6 Å². The Morgan fingerprint density at radius 1 is 1.50 bits per heavy atom. The lowest BCUT2D eigenvalue weighted by Crippen LogP contribution is -2.35. The Balaban J connectivity index is 1.81. The maximum atomic E-state index is 12.1. The minimum atomic E-state index is -0.0916. The first-order chi connectivity index (χ1) is 9.74. The minimum absolute atomic E-state index is 0.0134. The molecule has 1 atom stereocenters. The highest BCUT2D eigenvalue weighted by Crippen LogP contribution is 2.20. The molecule has 104 valence electrons.